The summed E-state index contributed by atoms with van der Waals surface area (Å²) in [5.74, 6) is 0.162. The van der Waals surface area contributed by atoms with Gasteiger partial charge in [-0.1, -0.05) is 18.2 Å². The number of aliphatic hydroxyl groups excluding tert-OH is 4. The van der Waals surface area contributed by atoms with Gasteiger partial charge in [0.1, 0.15) is 47.6 Å². The van der Waals surface area contributed by atoms with Crippen molar-refractivity contribution >= 4 is 27.9 Å². The van der Waals surface area contributed by atoms with E-state index in [-0.39, 0.29) is 12.1 Å². The maximum absolute atomic E-state index is 12.8. The lowest BCUT2D eigenvalue weighted by Gasteiger charge is -2.38. The molecular weight excluding hydrogens is 556 g/mol. The summed E-state index contributed by atoms with van der Waals surface area (Å²) in [7, 11) is 0. The van der Waals surface area contributed by atoms with Crippen LogP contribution in [-0.4, -0.2) is 108 Å². The number of nitrogens with one attached hydrogen (secondary N) is 2. The highest BCUT2D eigenvalue weighted by atomic mass is 16.6. The van der Waals surface area contributed by atoms with Crippen molar-refractivity contribution in [1.29, 1.82) is 5.26 Å². The number of carbonyl (C=O) groups is 1. The number of ether oxygens (including phenoxy) is 2. The summed E-state index contributed by atoms with van der Waals surface area (Å²) in [5, 5.41) is 57.0. The van der Waals surface area contributed by atoms with E-state index in [1.807, 2.05) is 30.3 Å². The van der Waals surface area contributed by atoms with Crippen LogP contribution in [0.2, 0.25) is 0 Å². The molecule has 5 atom stereocenters. The predicted octanol–water partition coefficient (Wildman–Crippen LogP) is 1.06. The van der Waals surface area contributed by atoms with Crippen LogP contribution in [0.1, 0.15) is 12.7 Å². The van der Waals surface area contributed by atoms with E-state index in [1.54, 1.807) is 19.1 Å². The number of aliphatic hydroxyl groups is 4. The molecule has 0 saturated carbocycles. The molecule has 1 unspecified atom stereocenters. The minimum Gasteiger partial charge on any atom is -0.456 e. The van der Waals surface area contributed by atoms with Crippen molar-refractivity contribution in [1.82, 2.24) is 10.2 Å². The second-order valence-electron chi connectivity index (χ2n) is 10.7. The number of rotatable bonds is 9. The number of nitriles is 1. The number of fused-ring (bicyclic) bond motifs is 1. The van der Waals surface area contributed by atoms with Gasteiger partial charge in [-0.3, -0.25) is 9.69 Å². The molecule has 0 spiro atoms. The van der Waals surface area contributed by atoms with E-state index in [2.05, 4.69) is 27.7 Å². The Balaban J connectivity index is 1.23. The summed E-state index contributed by atoms with van der Waals surface area (Å²) in [6.07, 6.45) is -7.80. The Morgan fingerprint density at radius 3 is 2.51 bits per heavy atom. The number of morpholine rings is 1. The standard InChI is InChI=1S/C31H36N4O8/c1-18(23(16-32)30(39)34-17-26-27(36)28(37)29(38)31(40)43-26)24-6-7-25(42-24)21-3-2-20-15-22(5-4-19(20)14-21)33-8-9-35-10-12-41-13-11-35/h2-7,14-15,26-29,31,33,36-38,40H,8-13,17H2,1H3,(H,34,39)/b23-18+/t26-,27-,28+,29-,31?/m1/s1. The number of carbonyl (C=O) groups excluding carboxylic acids is 1. The van der Waals surface area contributed by atoms with Crippen LogP contribution in [-0.2, 0) is 14.3 Å². The number of anilines is 1. The Bertz CT molecular complexity index is 1510. The summed E-state index contributed by atoms with van der Waals surface area (Å²) in [6, 6.07) is 17.5. The molecule has 12 nitrogen and oxygen atoms in total. The molecule has 228 valence electrons. The van der Waals surface area contributed by atoms with Gasteiger partial charge in [-0.25, -0.2) is 0 Å². The normalized spacial score (nSPS) is 25.2. The number of benzene rings is 2. The Morgan fingerprint density at radius 1 is 1.00 bits per heavy atom. The number of allylic oxidation sites excluding steroid dienone is 1. The lowest BCUT2D eigenvalue weighted by atomic mass is 9.99. The van der Waals surface area contributed by atoms with Gasteiger partial charge in [-0.2, -0.15) is 5.26 Å². The van der Waals surface area contributed by atoms with Gasteiger partial charge in [0.25, 0.3) is 5.91 Å². The molecule has 3 heterocycles. The number of amides is 1. The van der Waals surface area contributed by atoms with Crippen LogP contribution >= 0.6 is 0 Å². The Morgan fingerprint density at radius 2 is 1.74 bits per heavy atom. The molecule has 2 aliphatic rings. The lowest BCUT2D eigenvalue weighted by molar-refractivity contribution is -0.280. The quantitative estimate of drug-likeness (QED) is 0.154. The van der Waals surface area contributed by atoms with E-state index < -0.39 is 36.6 Å². The number of hydrogen-bond donors (Lipinski definition) is 6. The molecule has 3 aromatic rings. The first-order chi connectivity index (χ1) is 20.7. The predicted molar refractivity (Wildman–Crippen MR) is 158 cm³/mol. The highest BCUT2D eigenvalue weighted by molar-refractivity contribution is 6.04. The molecule has 2 aliphatic heterocycles. The number of furan rings is 1. The fourth-order valence-electron chi connectivity index (χ4n) is 5.20. The first-order valence-electron chi connectivity index (χ1n) is 14.2. The van der Waals surface area contributed by atoms with Crippen molar-refractivity contribution in [2.75, 3.05) is 51.3 Å². The second kappa shape index (κ2) is 13.7. The summed E-state index contributed by atoms with van der Waals surface area (Å²) < 4.78 is 16.5. The van der Waals surface area contributed by atoms with Crippen LogP contribution in [0.4, 0.5) is 5.69 Å². The Kier molecular flexibility index (Phi) is 9.74. The van der Waals surface area contributed by atoms with Gasteiger partial charge in [-0.15, -0.1) is 0 Å². The fourth-order valence-corrected chi connectivity index (χ4v) is 5.20. The van der Waals surface area contributed by atoms with E-state index in [4.69, 9.17) is 13.9 Å². The second-order valence-corrected chi connectivity index (χ2v) is 10.7. The van der Waals surface area contributed by atoms with Crippen LogP contribution < -0.4 is 10.6 Å². The van der Waals surface area contributed by atoms with Gasteiger partial charge in [-0.05, 0) is 48.0 Å². The molecule has 1 amide bonds. The number of hydrogen-bond acceptors (Lipinski definition) is 11. The molecule has 0 bridgehead atoms. The van der Waals surface area contributed by atoms with E-state index in [9.17, 15) is 30.5 Å². The molecule has 6 N–H and O–H groups in total. The highest BCUT2D eigenvalue weighted by Crippen LogP contribution is 2.30. The van der Waals surface area contributed by atoms with Crippen LogP contribution in [0.5, 0.6) is 0 Å². The van der Waals surface area contributed by atoms with Crippen LogP contribution in [0.15, 0.2) is 58.5 Å². The van der Waals surface area contributed by atoms with Gasteiger partial charge in [0.2, 0.25) is 0 Å². The maximum Gasteiger partial charge on any atom is 0.262 e. The fraction of sp³-hybridized carbons (Fsp3) is 0.419. The third kappa shape index (κ3) is 7.06. The summed E-state index contributed by atoms with van der Waals surface area (Å²) >= 11 is 0. The molecule has 2 saturated heterocycles. The van der Waals surface area contributed by atoms with Gasteiger partial charge >= 0.3 is 0 Å². The van der Waals surface area contributed by atoms with E-state index in [1.165, 1.54) is 0 Å². The van der Waals surface area contributed by atoms with E-state index in [0.29, 0.717) is 17.1 Å². The molecule has 12 heteroatoms. The SMILES string of the molecule is C/C(=C(/C#N)C(=O)NC[C@H]1OC(O)[C@H](O)[C@@H](O)[C@@H]1O)c1ccc(-c2ccc3cc(NCCN4CCOCC4)ccc3c2)o1. The maximum atomic E-state index is 12.8. The van der Waals surface area contributed by atoms with Crippen molar-refractivity contribution in [3.05, 3.63) is 59.9 Å². The molecule has 0 radical (unpaired) electrons. The van der Waals surface area contributed by atoms with E-state index >= 15 is 0 Å². The van der Waals surface area contributed by atoms with Gasteiger partial charge in [0, 0.05) is 49.5 Å². The smallest absolute Gasteiger partial charge is 0.262 e. The molecular formula is C31H36N4O8. The Hall–Kier alpha value is -3.80. The molecule has 0 aliphatic carbocycles. The van der Waals surface area contributed by atoms with Crippen LogP contribution in [0.25, 0.3) is 27.7 Å². The van der Waals surface area contributed by atoms with Gasteiger partial charge in [0.05, 0.1) is 13.2 Å². The largest absolute Gasteiger partial charge is 0.456 e. The van der Waals surface area contributed by atoms with Crippen LogP contribution in [0.3, 0.4) is 0 Å². The topological polar surface area (TPSA) is 181 Å². The highest BCUT2D eigenvalue weighted by Gasteiger charge is 2.43. The van der Waals surface area contributed by atoms with Crippen molar-refractivity contribution in [3.63, 3.8) is 0 Å². The minimum absolute atomic E-state index is 0.209. The number of nitrogens with zero attached hydrogens (tertiary/aromatic N) is 2. The summed E-state index contributed by atoms with van der Waals surface area (Å²) in [5.41, 5.74) is 1.98. The molecule has 2 aromatic carbocycles. The summed E-state index contributed by atoms with van der Waals surface area (Å²) in [4.78, 5) is 15.2. The first kappa shape index (κ1) is 30.7. The van der Waals surface area contributed by atoms with Gasteiger partial charge < -0.3 is 45.0 Å². The van der Waals surface area contributed by atoms with Crippen molar-refractivity contribution in [2.24, 2.45) is 0 Å². The zero-order valence-electron chi connectivity index (χ0n) is 23.8. The lowest BCUT2D eigenvalue weighted by Crippen LogP contribution is -2.60. The van der Waals surface area contributed by atoms with Gasteiger partial charge in [0.15, 0.2) is 6.29 Å². The third-order valence-corrected chi connectivity index (χ3v) is 7.83. The average molecular weight is 593 g/mol. The van der Waals surface area contributed by atoms with Crippen molar-refractivity contribution < 1.29 is 39.1 Å². The molecule has 5 rings (SSSR count). The van der Waals surface area contributed by atoms with E-state index in [0.717, 1.165) is 61.4 Å². The zero-order chi connectivity index (χ0) is 30.5. The molecule has 43 heavy (non-hydrogen) atoms. The minimum atomic E-state index is -1.73. The van der Waals surface area contributed by atoms with Crippen molar-refractivity contribution in [2.45, 2.75) is 37.6 Å². The third-order valence-electron chi connectivity index (χ3n) is 7.83. The molecule has 2 fully saturated rings. The first-order valence-corrected chi connectivity index (χ1v) is 14.2. The Labute approximate surface area is 248 Å². The summed E-state index contributed by atoms with van der Waals surface area (Å²) in [6.45, 7) is 6.57. The molecule has 1 aromatic heterocycles. The zero-order valence-corrected chi connectivity index (χ0v) is 23.8. The van der Waals surface area contributed by atoms with Crippen molar-refractivity contribution in [3.8, 4) is 17.4 Å². The average Bonchev–Trinajstić information content (AvgIpc) is 3.52. The van der Waals surface area contributed by atoms with Crippen LogP contribution in [0, 0.1) is 11.3 Å². The monoisotopic (exact) mass is 592 g/mol.